The molecule has 0 N–H and O–H groups in total. The number of carbonyl (C=O) groups excluding carboxylic acids is 1. The Morgan fingerprint density at radius 2 is 1.85 bits per heavy atom. The first-order valence-corrected chi connectivity index (χ1v) is 6.91. The van der Waals surface area contributed by atoms with Gasteiger partial charge in [0.05, 0.1) is 13.7 Å². The van der Waals surface area contributed by atoms with Crippen LogP contribution >= 0.6 is 0 Å². The standard InChI is InChI=1S/C17H25NO2/c1-16(2,3)11-17(4,5)14-7-8-15(20-6)13(9-14)10-18-12-19/h7-9H,10-11H2,1-6H3. The molecule has 3 nitrogen and oxygen atoms in total. The van der Waals surface area contributed by atoms with Gasteiger partial charge in [-0.1, -0.05) is 40.7 Å². The average molecular weight is 275 g/mol. The molecule has 1 aromatic rings. The molecule has 0 amide bonds. The predicted octanol–water partition coefficient (Wildman–Crippen LogP) is 4.24. The van der Waals surface area contributed by atoms with E-state index in [2.05, 4.69) is 51.7 Å². The molecule has 0 radical (unpaired) electrons. The van der Waals surface area contributed by atoms with Gasteiger partial charge >= 0.3 is 0 Å². The zero-order valence-corrected chi connectivity index (χ0v) is 13.4. The number of methoxy groups -OCH3 is 1. The van der Waals surface area contributed by atoms with Crippen molar-refractivity contribution in [3.05, 3.63) is 29.3 Å². The molecule has 0 spiro atoms. The van der Waals surface area contributed by atoms with Crippen LogP contribution in [0.25, 0.3) is 0 Å². The first-order valence-electron chi connectivity index (χ1n) is 6.91. The van der Waals surface area contributed by atoms with Crippen molar-refractivity contribution < 1.29 is 9.53 Å². The molecule has 0 saturated heterocycles. The first-order chi connectivity index (χ1) is 9.19. The van der Waals surface area contributed by atoms with Crippen molar-refractivity contribution >= 4 is 6.08 Å². The number of hydrogen-bond donors (Lipinski definition) is 0. The van der Waals surface area contributed by atoms with Crippen LogP contribution in [-0.2, 0) is 16.8 Å². The van der Waals surface area contributed by atoms with E-state index in [-0.39, 0.29) is 10.8 Å². The van der Waals surface area contributed by atoms with Crippen LogP contribution < -0.4 is 4.74 Å². The number of aliphatic imine (C=N–C) groups is 1. The summed E-state index contributed by atoms with van der Waals surface area (Å²) in [6.45, 7) is 11.5. The third-order valence-corrected chi connectivity index (χ3v) is 3.35. The molecule has 0 aliphatic heterocycles. The molecule has 0 bridgehead atoms. The van der Waals surface area contributed by atoms with Gasteiger partial charge in [-0.3, -0.25) is 0 Å². The number of benzene rings is 1. The van der Waals surface area contributed by atoms with E-state index < -0.39 is 0 Å². The summed E-state index contributed by atoms with van der Waals surface area (Å²) in [6, 6.07) is 6.14. The fraction of sp³-hybridized carbons (Fsp3) is 0.588. The van der Waals surface area contributed by atoms with Crippen LogP contribution in [0.2, 0.25) is 0 Å². The zero-order valence-electron chi connectivity index (χ0n) is 13.4. The largest absolute Gasteiger partial charge is 0.496 e. The monoisotopic (exact) mass is 275 g/mol. The maximum Gasteiger partial charge on any atom is 0.235 e. The smallest absolute Gasteiger partial charge is 0.235 e. The van der Waals surface area contributed by atoms with Crippen molar-refractivity contribution in [1.29, 1.82) is 0 Å². The normalized spacial score (nSPS) is 11.9. The van der Waals surface area contributed by atoms with Gasteiger partial charge < -0.3 is 4.74 Å². The Balaban J connectivity index is 3.15. The summed E-state index contributed by atoms with van der Waals surface area (Å²) in [6.07, 6.45) is 2.66. The summed E-state index contributed by atoms with van der Waals surface area (Å²) in [4.78, 5) is 14.0. The van der Waals surface area contributed by atoms with Gasteiger partial charge in [0, 0.05) is 5.56 Å². The van der Waals surface area contributed by atoms with Crippen LogP contribution in [-0.4, -0.2) is 13.2 Å². The molecule has 0 atom stereocenters. The van der Waals surface area contributed by atoms with Crippen LogP contribution in [0.15, 0.2) is 23.2 Å². The van der Waals surface area contributed by atoms with E-state index >= 15 is 0 Å². The third-order valence-electron chi connectivity index (χ3n) is 3.35. The van der Waals surface area contributed by atoms with E-state index in [0.717, 1.165) is 17.7 Å². The molecule has 3 heteroatoms. The van der Waals surface area contributed by atoms with Crippen LogP contribution in [0, 0.1) is 5.41 Å². The Bertz CT molecular complexity index is 506. The van der Waals surface area contributed by atoms with Gasteiger partial charge in [0.15, 0.2) is 0 Å². The minimum atomic E-state index is 0.0597. The number of nitrogens with zero attached hydrogens (tertiary/aromatic N) is 1. The highest BCUT2D eigenvalue weighted by Crippen LogP contribution is 2.37. The van der Waals surface area contributed by atoms with Crippen LogP contribution in [0.5, 0.6) is 5.75 Å². The molecule has 0 fully saturated rings. The van der Waals surface area contributed by atoms with E-state index in [1.54, 1.807) is 13.2 Å². The molecule has 0 aliphatic carbocycles. The number of rotatable bonds is 5. The molecule has 1 rings (SSSR count). The van der Waals surface area contributed by atoms with Crippen LogP contribution in [0.4, 0.5) is 0 Å². The van der Waals surface area contributed by atoms with Gasteiger partial charge in [0.1, 0.15) is 5.75 Å². The fourth-order valence-corrected chi connectivity index (χ4v) is 2.87. The highest BCUT2D eigenvalue weighted by atomic mass is 16.5. The molecular formula is C17H25NO2. The molecule has 0 unspecified atom stereocenters. The zero-order chi connectivity index (χ0) is 15.4. The molecule has 0 saturated carbocycles. The van der Waals surface area contributed by atoms with Gasteiger partial charge in [-0.25, -0.2) is 9.79 Å². The van der Waals surface area contributed by atoms with Crippen molar-refractivity contribution in [3.8, 4) is 5.75 Å². The SMILES string of the molecule is COc1ccc(C(C)(C)CC(C)(C)C)cc1CN=C=O. The van der Waals surface area contributed by atoms with E-state index in [9.17, 15) is 4.79 Å². The minimum absolute atomic E-state index is 0.0597. The summed E-state index contributed by atoms with van der Waals surface area (Å²) in [5, 5.41) is 0. The Morgan fingerprint density at radius 3 is 2.35 bits per heavy atom. The molecule has 0 aromatic heterocycles. The fourth-order valence-electron chi connectivity index (χ4n) is 2.87. The van der Waals surface area contributed by atoms with E-state index in [1.165, 1.54) is 5.56 Å². The lowest BCUT2D eigenvalue weighted by Gasteiger charge is -2.33. The summed E-state index contributed by atoms with van der Waals surface area (Å²) >= 11 is 0. The average Bonchev–Trinajstić information content (AvgIpc) is 2.33. The van der Waals surface area contributed by atoms with Crippen molar-refractivity contribution in [2.45, 2.75) is 53.0 Å². The quantitative estimate of drug-likeness (QED) is 0.595. The summed E-state index contributed by atoms with van der Waals surface area (Å²) in [5.74, 6) is 0.763. The summed E-state index contributed by atoms with van der Waals surface area (Å²) in [7, 11) is 1.63. The van der Waals surface area contributed by atoms with Gasteiger partial charge in [-0.2, -0.15) is 0 Å². The van der Waals surface area contributed by atoms with E-state index in [1.807, 2.05) is 6.07 Å². The van der Waals surface area contributed by atoms with Crippen molar-refractivity contribution in [1.82, 2.24) is 0 Å². The summed E-state index contributed by atoms with van der Waals surface area (Å²) < 4.78 is 5.32. The Labute approximate surface area is 122 Å². The molecule has 110 valence electrons. The lowest BCUT2D eigenvalue weighted by molar-refractivity contribution is 0.284. The van der Waals surface area contributed by atoms with E-state index in [4.69, 9.17) is 4.74 Å². The minimum Gasteiger partial charge on any atom is -0.496 e. The van der Waals surface area contributed by atoms with Crippen molar-refractivity contribution in [2.24, 2.45) is 10.4 Å². The van der Waals surface area contributed by atoms with Gasteiger partial charge in [0.2, 0.25) is 6.08 Å². The van der Waals surface area contributed by atoms with Crippen LogP contribution in [0.1, 0.15) is 52.2 Å². The Morgan fingerprint density at radius 1 is 1.20 bits per heavy atom. The predicted molar refractivity (Wildman–Crippen MR) is 81.9 cm³/mol. The number of hydrogen-bond acceptors (Lipinski definition) is 3. The topological polar surface area (TPSA) is 38.7 Å². The maximum absolute atomic E-state index is 10.3. The van der Waals surface area contributed by atoms with Gasteiger partial charge in [-0.15, -0.1) is 0 Å². The van der Waals surface area contributed by atoms with E-state index in [0.29, 0.717) is 6.54 Å². The molecule has 0 heterocycles. The maximum atomic E-state index is 10.3. The second-order valence-electron chi connectivity index (χ2n) is 7.06. The number of isocyanates is 1. The van der Waals surface area contributed by atoms with Gasteiger partial charge in [-0.05, 0) is 34.9 Å². The lowest BCUT2D eigenvalue weighted by Crippen LogP contribution is -2.25. The third kappa shape index (κ3) is 4.50. The molecule has 0 aliphatic rings. The highest BCUT2D eigenvalue weighted by Gasteiger charge is 2.27. The van der Waals surface area contributed by atoms with Crippen LogP contribution in [0.3, 0.4) is 0 Å². The Kier molecular flexibility index (Phi) is 5.13. The molecule has 1 aromatic carbocycles. The van der Waals surface area contributed by atoms with Gasteiger partial charge in [0.25, 0.3) is 0 Å². The van der Waals surface area contributed by atoms with Crippen molar-refractivity contribution in [2.75, 3.05) is 7.11 Å². The first kappa shape index (κ1) is 16.5. The Hall–Kier alpha value is -1.60. The second-order valence-corrected chi connectivity index (χ2v) is 7.06. The molecular weight excluding hydrogens is 250 g/mol. The highest BCUT2D eigenvalue weighted by molar-refractivity contribution is 5.41. The lowest BCUT2D eigenvalue weighted by atomic mass is 9.72. The summed E-state index contributed by atoms with van der Waals surface area (Å²) in [5.41, 5.74) is 2.48. The number of ether oxygens (including phenoxy) is 1. The second kappa shape index (κ2) is 6.23. The van der Waals surface area contributed by atoms with Crippen molar-refractivity contribution in [3.63, 3.8) is 0 Å². The molecule has 20 heavy (non-hydrogen) atoms.